The molecule has 2 rings (SSSR count). The Morgan fingerprint density at radius 3 is 2.80 bits per heavy atom. The normalized spacial score (nSPS) is 10.4. The first-order chi connectivity index (χ1) is 9.65. The summed E-state index contributed by atoms with van der Waals surface area (Å²) in [6.45, 7) is 0.213. The molecule has 0 bridgehead atoms. The van der Waals surface area contributed by atoms with Gasteiger partial charge in [0.05, 0.1) is 6.54 Å². The van der Waals surface area contributed by atoms with Gasteiger partial charge in [0.25, 0.3) is 0 Å². The predicted octanol–water partition coefficient (Wildman–Crippen LogP) is 2.68. The van der Waals surface area contributed by atoms with Gasteiger partial charge in [0.2, 0.25) is 11.7 Å². The number of hydrogen-bond donors (Lipinski definition) is 2. The zero-order valence-corrected chi connectivity index (χ0v) is 11.6. The molecule has 0 aromatic carbocycles. The van der Waals surface area contributed by atoms with Gasteiger partial charge in [-0.25, -0.2) is 4.79 Å². The third-order valence-corrected chi connectivity index (χ3v) is 3.68. The van der Waals surface area contributed by atoms with Crippen LogP contribution in [0.5, 0.6) is 0 Å². The zero-order chi connectivity index (χ0) is 14.4. The highest BCUT2D eigenvalue weighted by Crippen LogP contribution is 2.12. The quantitative estimate of drug-likeness (QED) is 0.822. The number of amides is 1. The van der Waals surface area contributed by atoms with Crippen molar-refractivity contribution in [1.29, 1.82) is 0 Å². The molecule has 0 saturated carbocycles. The van der Waals surface area contributed by atoms with Gasteiger partial charge in [-0.15, -0.1) is 11.3 Å². The van der Waals surface area contributed by atoms with Crippen LogP contribution >= 0.6 is 11.3 Å². The Hall–Kier alpha value is -2.08. The summed E-state index contributed by atoms with van der Waals surface area (Å²) in [7, 11) is 0. The highest BCUT2D eigenvalue weighted by atomic mass is 32.1. The van der Waals surface area contributed by atoms with Crippen LogP contribution in [-0.4, -0.2) is 17.0 Å². The number of aryl methyl sites for hydroxylation is 1. The molecule has 106 valence electrons. The molecule has 0 unspecified atom stereocenters. The Balaban J connectivity index is 1.67. The maximum atomic E-state index is 11.6. The number of rotatable bonds is 7. The molecule has 2 heterocycles. The third kappa shape index (κ3) is 4.24. The number of furan rings is 1. The van der Waals surface area contributed by atoms with Crippen LogP contribution in [0.3, 0.4) is 0 Å². The first-order valence-electron chi connectivity index (χ1n) is 6.26. The summed E-state index contributed by atoms with van der Waals surface area (Å²) in [5.41, 5.74) is 0. The number of hydrogen-bond acceptors (Lipinski definition) is 4. The first-order valence-corrected chi connectivity index (χ1v) is 7.14. The molecule has 2 N–H and O–H groups in total. The Morgan fingerprint density at radius 1 is 1.30 bits per heavy atom. The topological polar surface area (TPSA) is 79.5 Å². The summed E-state index contributed by atoms with van der Waals surface area (Å²) >= 11 is 1.69. The lowest BCUT2D eigenvalue weighted by Gasteiger charge is -2.02. The second-order valence-corrected chi connectivity index (χ2v) is 5.31. The summed E-state index contributed by atoms with van der Waals surface area (Å²) in [6.07, 6.45) is 2.14. The molecule has 0 atom stereocenters. The van der Waals surface area contributed by atoms with E-state index >= 15 is 0 Å². The van der Waals surface area contributed by atoms with Gasteiger partial charge in [-0.3, -0.25) is 4.79 Å². The van der Waals surface area contributed by atoms with E-state index in [-0.39, 0.29) is 18.2 Å². The smallest absolute Gasteiger partial charge is 0.371 e. The van der Waals surface area contributed by atoms with Gasteiger partial charge in [0, 0.05) is 11.3 Å². The molecule has 2 aromatic rings. The molecule has 0 aliphatic carbocycles. The molecule has 0 aliphatic heterocycles. The summed E-state index contributed by atoms with van der Waals surface area (Å²) < 4.78 is 5.05. The largest absolute Gasteiger partial charge is 0.475 e. The first kappa shape index (κ1) is 14.3. The van der Waals surface area contributed by atoms with Gasteiger partial charge in [0.15, 0.2) is 0 Å². The third-order valence-electron chi connectivity index (χ3n) is 2.74. The van der Waals surface area contributed by atoms with Gasteiger partial charge >= 0.3 is 5.97 Å². The molecule has 1 amide bonds. The van der Waals surface area contributed by atoms with E-state index in [9.17, 15) is 9.59 Å². The van der Waals surface area contributed by atoms with Crippen LogP contribution in [0, 0.1) is 0 Å². The van der Waals surface area contributed by atoms with Gasteiger partial charge in [0.1, 0.15) is 5.76 Å². The maximum Gasteiger partial charge on any atom is 0.371 e. The monoisotopic (exact) mass is 293 g/mol. The fourth-order valence-corrected chi connectivity index (χ4v) is 2.49. The summed E-state index contributed by atoms with van der Waals surface area (Å²) in [5, 5.41) is 13.4. The van der Waals surface area contributed by atoms with Crippen LogP contribution in [0.25, 0.3) is 0 Å². The van der Waals surface area contributed by atoms with E-state index in [1.54, 1.807) is 17.4 Å². The lowest BCUT2D eigenvalue weighted by atomic mass is 10.2. The number of thiophene rings is 1. The van der Waals surface area contributed by atoms with Crippen molar-refractivity contribution in [3.05, 3.63) is 46.0 Å². The van der Waals surface area contributed by atoms with Crippen molar-refractivity contribution in [2.24, 2.45) is 0 Å². The van der Waals surface area contributed by atoms with Crippen molar-refractivity contribution in [3.63, 3.8) is 0 Å². The van der Waals surface area contributed by atoms with Crippen molar-refractivity contribution >= 4 is 23.2 Å². The molecular weight excluding hydrogens is 278 g/mol. The van der Waals surface area contributed by atoms with E-state index in [1.807, 2.05) is 11.4 Å². The van der Waals surface area contributed by atoms with E-state index < -0.39 is 5.97 Å². The van der Waals surface area contributed by atoms with E-state index in [0.717, 1.165) is 12.8 Å². The summed E-state index contributed by atoms with van der Waals surface area (Å²) in [6, 6.07) is 6.98. The Kier molecular flexibility index (Phi) is 4.95. The summed E-state index contributed by atoms with van der Waals surface area (Å²) in [4.78, 5) is 23.5. The van der Waals surface area contributed by atoms with E-state index in [2.05, 4.69) is 11.4 Å². The molecular formula is C14H15NO4S. The molecule has 20 heavy (non-hydrogen) atoms. The minimum absolute atomic E-state index is 0.0603. The SMILES string of the molecule is O=C(CCCc1cccs1)NCc1ccc(C(=O)O)o1. The van der Waals surface area contributed by atoms with Crippen LogP contribution in [0.1, 0.15) is 34.0 Å². The molecule has 5 nitrogen and oxygen atoms in total. The minimum atomic E-state index is -1.11. The van der Waals surface area contributed by atoms with Gasteiger partial charge < -0.3 is 14.8 Å². The van der Waals surface area contributed by atoms with Gasteiger partial charge in [-0.05, 0) is 36.4 Å². The standard InChI is InChI=1S/C14H15NO4S/c16-13(5-1-3-11-4-2-8-20-11)15-9-10-6-7-12(19-10)14(17)18/h2,4,6-8H,1,3,5,9H2,(H,15,16)(H,17,18). The van der Waals surface area contributed by atoms with Crippen molar-refractivity contribution in [1.82, 2.24) is 5.32 Å². The van der Waals surface area contributed by atoms with Crippen LogP contribution in [-0.2, 0) is 17.8 Å². The van der Waals surface area contributed by atoms with Gasteiger partial charge in [-0.1, -0.05) is 6.07 Å². The highest BCUT2D eigenvalue weighted by molar-refractivity contribution is 7.09. The zero-order valence-electron chi connectivity index (χ0n) is 10.8. The second-order valence-electron chi connectivity index (χ2n) is 4.28. The molecule has 0 saturated heterocycles. The molecule has 6 heteroatoms. The predicted molar refractivity (Wildman–Crippen MR) is 74.8 cm³/mol. The molecule has 0 spiro atoms. The fraction of sp³-hybridized carbons (Fsp3) is 0.286. The van der Waals surface area contributed by atoms with Crippen molar-refractivity contribution in [3.8, 4) is 0 Å². The van der Waals surface area contributed by atoms with Crippen LogP contribution in [0.4, 0.5) is 0 Å². The van der Waals surface area contributed by atoms with E-state index in [0.29, 0.717) is 12.2 Å². The Bertz CT molecular complexity index is 574. The fourth-order valence-electron chi connectivity index (χ4n) is 1.74. The van der Waals surface area contributed by atoms with Crippen molar-refractivity contribution < 1.29 is 19.1 Å². The van der Waals surface area contributed by atoms with E-state index in [1.165, 1.54) is 10.9 Å². The maximum absolute atomic E-state index is 11.6. The average molecular weight is 293 g/mol. The number of carbonyl (C=O) groups excluding carboxylic acids is 1. The van der Waals surface area contributed by atoms with Crippen molar-refractivity contribution in [2.45, 2.75) is 25.8 Å². The van der Waals surface area contributed by atoms with Crippen LogP contribution in [0.15, 0.2) is 34.1 Å². The number of carboxylic acids is 1. The average Bonchev–Trinajstić information content (AvgIpc) is 3.07. The molecule has 2 aromatic heterocycles. The molecule has 0 radical (unpaired) electrons. The second kappa shape index (κ2) is 6.91. The minimum Gasteiger partial charge on any atom is -0.475 e. The lowest BCUT2D eigenvalue weighted by molar-refractivity contribution is -0.121. The van der Waals surface area contributed by atoms with E-state index in [4.69, 9.17) is 9.52 Å². The van der Waals surface area contributed by atoms with Crippen LogP contribution < -0.4 is 5.32 Å². The Morgan fingerprint density at radius 2 is 2.15 bits per heavy atom. The molecule has 0 fully saturated rings. The Labute approximate surface area is 120 Å². The van der Waals surface area contributed by atoms with Crippen LogP contribution in [0.2, 0.25) is 0 Å². The van der Waals surface area contributed by atoms with Crippen molar-refractivity contribution in [2.75, 3.05) is 0 Å². The number of aromatic carboxylic acids is 1. The lowest BCUT2D eigenvalue weighted by Crippen LogP contribution is -2.22. The molecule has 0 aliphatic rings. The summed E-state index contributed by atoms with van der Waals surface area (Å²) in [5.74, 6) is -0.852. The van der Waals surface area contributed by atoms with Gasteiger partial charge in [-0.2, -0.15) is 0 Å². The number of carbonyl (C=O) groups is 2. The number of nitrogens with one attached hydrogen (secondary N) is 1. The number of carboxylic acid groups (broad SMARTS) is 1. The highest BCUT2D eigenvalue weighted by Gasteiger charge is 2.09.